The highest BCUT2D eigenvalue weighted by molar-refractivity contribution is 7.79. The van der Waals surface area contributed by atoms with Crippen molar-refractivity contribution in [1.82, 2.24) is 0 Å². The van der Waals surface area contributed by atoms with Crippen LogP contribution in [0.3, 0.4) is 0 Å². The Morgan fingerprint density at radius 2 is 1.92 bits per heavy atom. The number of phenols is 2. The lowest BCUT2D eigenvalue weighted by Gasteiger charge is -2.01. The van der Waals surface area contributed by atoms with Gasteiger partial charge in [0.1, 0.15) is 0 Å². The molecule has 0 aliphatic heterocycles. The molecule has 3 N–H and O–H groups in total. The molecule has 5 heteroatoms. The molecule has 0 bridgehead atoms. The lowest BCUT2D eigenvalue weighted by atomic mass is 10.1. The highest BCUT2D eigenvalue weighted by atomic mass is 32.2. The fourth-order valence-electron chi connectivity index (χ4n) is 0.930. The molecular weight excluding hydrogens is 192 g/mol. The summed E-state index contributed by atoms with van der Waals surface area (Å²) in [6, 6.07) is 4.33. The number of hydrogen-bond acceptors (Lipinski definition) is 3. The Morgan fingerprint density at radius 1 is 1.23 bits per heavy atom. The molecule has 0 aliphatic carbocycles. The molecule has 0 fully saturated rings. The van der Waals surface area contributed by atoms with Gasteiger partial charge in [-0.15, -0.1) is 0 Å². The summed E-state index contributed by atoms with van der Waals surface area (Å²) in [5, 5.41) is 18.0. The fraction of sp³-hybridized carbons (Fsp3) is 0.250. The van der Waals surface area contributed by atoms with Gasteiger partial charge < -0.3 is 14.8 Å². The summed E-state index contributed by atoms with van der Waals surface area (Å²) >= 11 is -1.82. The van der Waals surface area contributed by atoms with Gasteiger partial charge in [0.15, 0.2) is 22.6 Å². The van der Waals surface area contributed by atoms with Crippen LogP contribution in [0.25, 0.3) is 0 Å². The number of phenolic OH excluding ortho intramolecular Hbond substituents is 2. The fourth-order valence-corrected chi connectivity index (χ4v) is 1.34. The zero-order valence-corrected chi connectivity index (χ0v) is 7.62. The van der Waals surface area contributed by atoms with Crippen LogP contribution in [0.1, 0.15) is 5.56 Å². The molecule has 1 aromatic rings. The molecular formula is C8H10O4S. The van der Waals surface area contributed by atoms with Crippen LogP contribution in [0.2, 0.25) is 0 Å². The van der Waals surface area contributed by atoms with Crippen LogP contribution in [-0.2, 0) is 17.5 Å². The van der Waals surface area contributed by atoms with E-state index >= 15 is 0 Å². The summed E-state index contributed by atoms with van der Waals surface area (Å²) in [6.45, 7) is 0. The van der Waals surface area contributed by atoms with Crippen molar-refractivity contribution < 1.29 is 19.0 Å². The minimum atomic E-state index is -1.82. The van der Waals surface area contributed by atoms with Crippen LogP contribution in [0.15, 0.2) is 18.2 Å². The van der Waals surface area contributed by atoms with Gasteiger partial charge in [-0.1, -0.05) is 6.07 Å². The van der Waals surface area contributed by atoms with Crippen molar-refractivity contribution in [2.45, 2.75) is 6.42 Å². The van der Waals surface area contributed by atoms with Gasteiger partial charge in [-0.25, -0.2) is 4.21 Å². The SMILES string of the molecule is O=S(O)CCc1ccc(O)c(O)c1. The van der Waals surface area contributed by atoms with Gasteiger partial charge in [-0.2, -0.15) is 0 Å². The van der Waals surface area contributed by atoms with Crippen LogP contribution in [-0.4, -0.2) is 24.7 Å². The van der Waals surface area contributed by atoms with Crippen LogP contribution in [0, 0.1) is 0 Å². The number of aromatic hydroxyl groups is 2. The minimum absolute atomic E-state index is 0.129. The van der Waals surface area contributed by atoms with Gasteiger partial charge in [-0.3, -0.25) is 0 Å². The summed E-state index contributed by atoms with van der Waals surface area (Å²) in [4.78, 5) is 0. The molecule has 1 unspecified atom stereocenters. The first-order valence-electron chi connectivity index (χ1n) is 3.68. The molecule has 0 radical (unpaired) electrons. The van der Waals surface area contributed by atoms with Crippen molar-refractivity contribution in [3.8, 4) is 11.5 Å². The van der Waals surface area contributed by atoms with Gasteiger partial charge in [-0.05, 0) is 24.1 Å². The minimum Gasteiger partial charge on any atom is -0.504 e. The van der Waals surface area contributed by atoms with Crippen LogP contribution >= 0.6 is 0 Å². The predicted molar refractivity (Wildman–Crippen MR) is 49.1 cm³/mol. The monoisotopic (exact) mass is 202 g/mol. The first kappa shape index (κ1) is 10.0. The molecule has 4 nitrogen and oxygen atoms in total. The van der Waals surface area contributed by atoms with E-state index in [4.69, 9.17) is 14.8 Å². The maximum absolute atomic E-state index is 10.3. The standard InChI is InChI=1S/C8H10O4S/c9-7-2-1-6(5-8(7)10)3-4-13(11)12/h1-2,5,9-10H,3-4H2,(H,11,12). The Hall–Kier alpha value is -1.07. The molecule has 1 rings (SSSR count). The van der Waals surface area contributed by atoms with Crippen molar-refractivity contribution in [3.05, 3.63) is 23.8 Å². The molecule has 0 amide bonds. The van der Waals surface area contributed by atoms with E-state index in [1.165, 1.54) is 12.1 Å². The zero-order chi connectivity index (χ0) is 9.84. The second kappa shape index (κ2) is 4.25. The molecule has 13 heavy (non-hydrogen) atoms. The molecule has 0 aromatic heterocycles. The molecule has 0 aliphatic rings. The summed E-state index contributed by atoms with van der Waals surface area (Å²) in [5.41, 5.74) is 0.720. The van der Waals surface area contributed by atoms with E-state index in [9.17, 15) is 4.21 Å². The molecule has 72 valence electrons. The molecule has 0 heterocycles. The Balaban J connectivity index is 2.68. The quantitative estimate of drug-likeness (QED) is 0.502. The summed E-state index contributed by atoms with van der Waals surface area (Å²) in [5.74, 6) is -0.264. The van der Waals surface area contributed by atoms with Crippen molar-refractivity contribution in [2.24, 2.45) is 0 Å². The molecule has 0 spiro atoms. The molecule has 0 saturated carbocycles. The number of hydrogen-bond donors (Lipinski definition) is 3. The number of benzene rings is 1. The first-order chi connectivity index (χ1) is 6.09. The Labute approximate surface area is 78.1 Å². The highest BCUT2D eigenvalue weighted by Crippen LogP contribution is 2.24. The maximum Gasteiger partial charge on any atom is 0.157 e. The van der Waals surface area contributed by atoms with Crippen LogP contribution in [0.5, 0.6) is 11.5 Å². The van der Waals surface area contributed by atoms with Crippen LogP contribution < -0.4 is 0 Å². The Bertz CT molecular complexity index is 324. The zero-order valence-electron chi connectivity index (χ0n) is 6.80. The van der Waals surface area contributed by atoms with Crippen molar-refractivity contribution in [1.29, 1.82) is 0 Å². The topological polar surface area (TPSA) is 77.8 Å². The maximum atomic E-state index is 10.3. The van der Waals surface area contributed by atoms with Gasteiger partial charge in [0.25, 0.3) is 0 Å². The van der Waals surface area contributed by atoms with Crippen molar-refractivity contribution in [3.63, 3.8) is 0 Å². The van der Waals surface area contributed by atoms with Gasteiger partial charge >= 0.3 is 0 Å². The second-order valence-corrected chi connectivity index (χ2v) is 3.65. The molecule has 1 atom stereocenters. The third-order valence-corrected chi connectivity index (χ3v) is 2.16. The average molecular weight is 202 g/mol. The van der Waals surface area contributed by atoms with E-state index in [0.717, 1.165) is 5.56 Å². The van der Waals surface area contributed by atoms with E-state index in [1.54, 1.807) is 6.07 Å². The first-order valence-corrected chi connectivity index (χ1v) is 4.95. The highest BCUT2D eigenvalue weighted by Gasteiger charge is 2.01. The van der Waals surface area contributed by atoms with E-state index in [1.807, 2.05) is 0 Å². The van der Waals surface area contributed by atoms with E-state index < -0.39 is 11.1 Å². The van der Waals surface area contributed by atoms with Crippen molar-refractivity contribution >= 4 is 11.1 Å². The third kappa shape index (κ3) is 3.04. The normalized spacial score (nSPS) is 12.7. The number of aryl methyl sites for hydroxylation is 1. The molecule has 1 aromatic carbocycles. The Kier molecular flexibility index (Phi) is 3.27. The van der Waals surface area contributed by atoms with Gasteiger partial charge in [0, 0.05) is 0 Å². The summed E-state index contributed by atoms with van der Waals surface area (Å²) in [7, 11) is 0. The predicted octanol–water partition coefficient (Wildman–Crippen LogP) is 0.862. The van der Waals surface area contributed by atoms with E-state index in [2.05, 4.69) is 0 Å². The molecule has 0 saturated heterocycles. The third-order valence-electron chi connectivity index (χ3n) is 1.61. The Morgan fingerprint density at radius 3 is 2.46 bits per heavy atom. The summed E-state index contributed by atoms with van der Waals surface area (Å²) < 4.78 is 18.8. The van der Waals surface area contributed by atoms with Gasteiger partial charge in [0.2, 0.25) is 0 Å². The smallest absolute Gasteiger partial charge is 0.157 e. The summed E-state index contributed by atoms with van der Waals surface area (Å²) in [6.07, 6.45) is 0.400. The van der Waals surface area contributed by atoms with Gasteiger partial charge in [0.05, 0.1) is 5.75 Å². The van der Waals surface area contributed by atoms with E-state index in [-0.39, 0.29) is 17.3 Å². The lowest BCUT2D eigenvalue weighted by Crippen LogP contribution is -1.98. The second-order valence-electron chi connectivity index (χ2n) is 2.60. The van der Waals surface area contributed by atoms with E-state index in [0.29, 0.717) is 6.42 Å². The van der Waals surface area contributed by atoms with Crippen molar-refractivity contribution in [2.75, 3.05) is 5.75 Å². The number of rotatable bonds is 3. The largest absolute Gasteiger partial charge is 0.504 e. The van der Waals surface area contributed by atoms with Crippen LogP contribution in [0.4, 0.5) is 0 Å². The lowest BCUT2D eigenvalue weighted by molar-refractivity contribution is 0.403. The average Bonchev–Trinajstić information content (AvgIpc) is 2.07.